The molecule has 3 heteroatoms. The van der Waals surface area contributed by atoms with E-state index in [1.807, 2.05) is 0 Å². The van der Waals surface area contributed by atoms with Crippen molar-refractivity contribution in [2.75, 3.05) is 26.7 Å². The van der Waals surface area contributed by atoms with Crippen LogP contribution >= 0.6 is 0 Å². The Labute approximate surface area is 86.4 Å². The molecule has 82 valence electrons. The lowest BCUT2D eigenvalue weighted by atomic mass is 10.2. The molecular formula is C11H21NO2. The lowest BCUT2D eigenvalue weighted by molar-refractivity contribution is -0.140. The second kappa shape index (κ2) is 6.82. The van der Waals surface area contributed by atoms with E-state index in [0.29, 0.717) is 6.42 Å². The van der Waals surface area contributed by atoms with E-state index in [1.54, 1.807) is 0 Å². The summed E-state index contributed by atoms with van der Waals surface area (Å²) in [5.41, 5.74) is 0. The van der Waals surface area contributed by atoms with Crippen LogP contribution in [0.3, 0.4) is 0 Å². The van der Waals surface area contributed by atoms with Crippen LogP contribution in [0.5, 0.6) is 0 Å². The Balaban J connectivity index is 2.07. The van der Waals surface area contributed by atoms with Gasteiger partial charge >= 0.3 is 5.97 Å². The molecule has 0 aromatic rings. The maximum Gasteiger partial charge on any atom is 0.305 e. The number of methoxy groups -OCH3 is 1. The van der Waals surface area contributed by atoms with Crippen molar-refractivity contribution in [3.05, 3.63) is 0 Å². The van der Waals surface area contributed by atoms with Gasteiger partial charge in [0.25, 0.3) is 0 Å². The van der Waals surface area contributed by atoms with Crippen molar-refractivity contribution in [1.29, 1.82) is 0 Å². The molecule has 0 amide bonds. The zero-order chi connectivity index (χ0) is 10.2. The Morgan fingerprint density at radius 1 is 1.21 bits per heavy atom. The predicted molar refractivity (Wildman–Crippen MR) is 56.2 cm³/mol. The lowest BCUT2D eigenvalue weighted by Crippen LogP contribution is -2.26. The first kappa shape index (κ1) is 11.5. The Kier molecular flexibility index (Phi) is 5.60. The van der Waals surface area contributed by atoms with Crippen molar-refractivity contribution in [3.63, 3.8) is 0 Å². The minimum absolute atomic E-state index is 0.0835. The number of likely N-dealkylation sites (tertiary alicyclic amines) is 1. The average molecular weight is 199 g/mol. The van der Waals surface area contributed by atoms with Gasteiger partial charge in [-0.25, -0.2) is 0 Å². The largest absolute Gasteiger partial charge is 0.469 e. The highest BCUT2D eigenvalue weighted by Crippen LogP contribution is 2.10. The van der Waals surface area contributed by atoms with Crippen LogP contribution in [0.15, 0.2) is 0 Å². The molecule has 14 heavy (non-hydrogen) atoms. The molecule has 0 aliphatic carbocycles. The standard InChI is InChI=1S/C11H21NO2/c1-14-11(13)7-6-10-12-8-4-2-3-5-9-12/h2-10H2,1H3. The molecule has 3 nitrogen and oxygen atoms in total. The zero-order valence-corrected chi connectivity index (χ0v) is 9.13. The molecule has 0 spiro atoms. The summed E-state index contributed by atoms with van der Waals surface area (Å²) in [6.45, 7) is 3.47. The van der Waals surface area contributed by atoms with Crippen LogP contribution in [-0.4, -0.2) is 37.6 Å². The second-order valence-electron chi connectivity index (χ2n) is 3.94. The molecule has 0 atom stereocenters. The molecule has 0 aromatic carbocycles. The van der Waals surface area contributed by atoms with Crippen LogP contribution in [0.1, 0.15) is 38.5 Å². The summed E-state index contributed by atoms with van der Waals surface area (Å²) in [5, 5.41) is 0. The van der Waals surface area contributed by atoms with E-state index in [-0.39, 0.29) is 5.97 Å². The fraction of sp³-hybridized carbons (Fsp3) is 0.909. The average Bonchev–Trinajstić information content (AvgIpc) is 2.46. The fourth-order valence-electron chi connectivity index (χ4n) is 1.91. The van der Waals surface area contributed by atoms with Gasteiger partial charge in [-0.1, -0.05) is 12.8 Å². The Hall–Kier alpha value is -0.570. The molecule has 0 N–H and O–H groups in total. The third-order valence-electron chi connectivity index (χ3n) is 2.78. The molecule has 0 bridgehead atoms. The first-order valence-electron chi connectivity index (χ1n) is 5.62. The van der Waals surface area contributed by atoms with E-state index < -0.39 is 0 Å². The van der Waals surface area contributed by atoms with E-state index in [9.17, 15) is 4.79 Å². The number of nitrogens with zero attached hydrogens (tertiary/aromatic N) is 1. The van der Waals surface area contributed by atoms with Crippen molar-refractivity contribution < 1.29 is 9.53 Å². The van der Waals surface area contributed by atoms with Crippen molar-refractivity contribution in [3.8, 4) is 0 Å². The lowest BCUT2D eigenvalue weighted by Gasteiger charge is -2.18. The van der Waals surface area contributed by atoms with E-state index >= 15 is 0 Å². The van der Waals surface area contributed by atoms with Gasteiger partial charge in [-0.3, -0.25) is 4.79 Å². The van der Waals surface area contributed by atoms with E-state index in [4.69, 9.17) is 0 Å². The van der Waals surface area contributed by atoms with Crippen LogP contribution in [0.25, 0.3) is 0 Å². The molecule has 1 saturated heterocycles. The monoisotopic (exact) mass is 199 g/mol. The maximum atomic E-state index is 10.9. The Morgan fingerprint density at radius 3 is 2.43 bits per heavy atom. The predicted octanol–water partition coefficient (Wildman–Crippen LogP) is 1.82. The van der Waals surface area contributed by atoms with Gasteiger partial charge in [-0.05, 0) is 38.9 Å². The molecular weight excluding hydrogens is 178 g/mol. The smallest absolute Gasteiger partial charge is 0.305 e. The van der Waals surface area contributed by atoms with Crippen molar-refractivity contribution in [2.45, 2.75) is 38.5 Å². The number of hydrogen-bond acceptors (Lipinski definition) is 3. The summed E-state index contributed by atoms with van der Waals surface area (Å²) in [6.07, 6.45) is 6.87. The molecule has 0 saturated carbocycles. The Morgan fingerprint density at radius 2 is 1.86 bits per heavy atom. The summed E-state index contributed by atoms with van der Waals surface area (Å²) >= 11 is 0. The first-order valence-corrected chi connectivity index (χ1v) is 5.62. The van der Waals surface area contributed by atoms with Gasteiger partial charge in [0.15, 0.2) is 0 Å². The second-order valence-corrected chi connectivity index (χ2v) is 3.94. The molecule has 1 aliphatic heterocycles. The molecule has 0 unspecified atom stereocenters. The highest BCUT2D eigenvalue weighted by molar-refractivity contribution is 5.69. The third kappa shape index (κ3) is 4.61. The molecule has 1 heterocycles. The number of carbonyl (C=O) groups is 1. The van der Waals surface area contributed by atoms with Crippen LogP contribution in [0, 0.1) is 0 Å². The van der Waals surface area contributed by atoms with Crippen molar-refractivity contribution in [1.82, 2.24) is 4.90 Å². The van der Waals surface area contributed by atoms with E-state index in [0.717, 1.165) is 13.0 Å². The van der Waals surface area contributed by atoms with Crippen molar-refractivity contribution in [2.24, 2.45) is 0 Å². The minimum Gasteiger partial charge on any atom is -0.469 e. The van der Waals surface area contributed by atoms with Gasteiger partial charge in [0, 0.05) is 6.42 Å². The third-order valence-corrected chi connectivity index (χ3v) is 2.78. The van der Waals surface area contributed by atoms with Crippen LogP contribution in [0.4, 0.5) is 0 Å². The molecule has 1 fully saturated rings. The van der Waals surface area contributed by atoms with Crippen LogP contribution < -0.4 is 0 Å². The quantitative estimate of drug-likeness (QED) is 0.647. The SMILES string of the molecule is COC(=O)CCCN1CCCCCC1. The zero-order valence-electron chi connectivity index (χ0n) is 9.13. The number of hydrogen-bond donors (Lipinski definition) is 0. The van der Waals surface area contributed by atoms with Gasteiger partial charge in [-0.2, -0.15) is 0 Å². The first-order chi connectivity index (χ1) is 6.83. The van der Waals surface area contributed by atoms with Gasteiger partial charge in [-0.15, -0.1) is 0 Å². The maximum absolute atomic E-state index is 10.9. The molecule has 0 radical (unpaired) electrons. The topological polar surface area (TPSA) is 29.5 Å². The number of carbonyl (C=O) groups excluding carboxylic acids is 1. The molecule has 1 aliphatic rings. The van der Waals surface area contributed by atoms with Crippen LogP contribution in [0.2, 0.25) is 0 Å². The number of ether oxygens (including phenoxy) is 1. The van der Waals surface area contributed by atoms with Crippen molar-refractivity contribution >= 4 is 5.97 Å². The fourth-order valence-corrected chi connectivity index (χ4v) is 1.91. The Bertz CT molecular complexity index is 163. The normalized spacial score (nSPS) is 18.9. The van der Waals surface area contributed by atoms with E-state index in [1.165, 1.54) is 45.9 Å². The van der Waals surface area contributed by atoms with Gasteiger partial charge in [0.1, 0.15) is 0 Å². The number of esters is 1. The summed E-state index contributed by atoms with van der Waals surface area (Å²) in [5.74, 6) is -0.0835. The van der Waals surface area contributed by atoms with Crippen LogP contribution in [-0.2, 0) is 9.53 Å². The summed E-state index contributed by atoms with van der Waals surface area (Å²) in [7, 11) is 1.45. The van der Waals surface area contributed by atoms with Gasteiger partial charge in [0.2, 0.25) is 0 Å². The number of rotatable bonds is 4. The summed E-state index contributed by atoms with van der Waals surface area (Å²) < 4.78 is 4.61. The highest BCUT2D eigenvalue weighted by atomic mass is 16.5. The minimum atomic E-state index is -0.0835. The highest BCUT2D eigenvalue weighted by Gasteiger charge is 2.09. The van der Waals surface area contributed by atoms with E-state index in [2.05, 4.69) is 9.64 Å². The molecule has 0 aromatic heterocycles. The molecule has 1 rings (SSSR count). The van der Waals surface area contributed by atoms with Gasteiger partial charge in [0.05, 0.1) is 7.11 Å². The summed E-state index contributed by atoms with van der Waals surface area (Å²) in [4.78, 5) is 13.3. The summed E-state index contributed by atoms with van der Waals surface area (Å²) in [6, 6.07) is 0. The van der Waals surface area contributed by atoms with Gasteiger partial charge < -0.3 is 9.64 Å².